The van der Waals surface area contributed by atoms with Gasteiger partial charge in [0.25, 0.3) is 0 Å². The Bertz CT molecular complexity index is 448. The van der Waals surface area contributed by atoms with E-state index in [0.29, 0.717) is 5.92 Å². The van der Waals surface area contributed by atoms with Gasteiger partial charge >= 0.3 is 0 Å². The molecule has 3 heteroatoms. The fourth-order valence-electron chi connectivity index (χ4n) is 3.41. The summed E-state index contributed by atoms with van der Waals surface area (Å²) in [6.45, 7) is 4.37. The van der Waals surface area contributed by atoms with Gasteiger partial charge in [-0.2, -0.15) is 0 Å². The van der Waals surface area contributed by atoms with Crippen molar-refractivity contribution in [2.24, 2.45) is 11.7 Å². The lowest BCUT2D eigenvalue weighted by Crippen LogP contribution is -2.53. The number of carbonyl (C=O) groups excluding carboxylic acids is 1. The molecule has 0 aromatic heterocycles. The van der Waals surface area contributed by atoms with Gasteiger partial charge in [-0.15, -0.1) is 0 Å². The van der Waals surface area contributed by atoms with Gasteiger partial charge in [-0.25, -0.2) is 0 Å². The zero-order valence-corrected chi connectivity index (χ0v) is 13.3. The molecule has 0 saturated heterocycles. The predicted octanol–water partition coefficient (Wildman–Crippen LogP) is 3.55. The molecule has 0 aliphatic heterocycles. The van der Waals surface area contributed by atoms with Crippen LogP contribution in [-0.4, -0.2) is 11.4 Å². The van der Waals surface area contributed by atoms with Crippen LogP contribution in [0, 0.1) is 5.92 Å². The van der Waals surface area contributed by atoms with E-state index in [2.05, 4.69) is 31.3 Å². The first-order valence-electron chi connectivity index (χ1n) is 8.25. The second kappa shape index (κ2) is 7.08. The van der Waals surface area contributed by atoms with Gasteiger partial charge in [-0.05, 0) is 24.3 Å². The molecular formula is C18H28N2O. The summed E-state index contributed by atoms with van der Waals surface area (Å²) >= 11 is 0. The summed E-state index contributed by atoms with van der Waals surface area (Å²) in [5, 5.41) is 3.25. The molecule has 3 N–H and O–H groups in total. The molecule has 1 atom stereocenters. The van der Waals surface area contributed by atoms with Gasteiger partial charge in [0, 0.05) is 0 Å². The zero-order chi connectivity index (χ0) is 15.3. The maximum absolute atomic E-state index is 12.7. The van der Waals surface area contributed by atoms with Crippen molar-refractivity contribution in [1.82, 2.24) is 5.32 Å². The van der Waals surface area contributed by atoms with Gasteiger partial charge in [0.15, 0.2) is 0 Å². The number of rotatable bonds is 6. The molecule has 1 aliphatic rings. The minimum atomic E-state index is -0.654. The van der Waals surface area contributed by atoms with Crippen LogP contribution in [0.3, 0.4) is 0 Å². The lowest BCUT2D eigenvalue weighted by molar-refractivity contribution is -0.127. The first kappa shape index (κ1) is 16.0. The minimum Gasteiger partial charge on any atom is -0.347 e. The summed E-state index contributed by atoms with van der Waals surface area (Å²) in [5.74, 6) is 0.474. The van der Waals surface area contributed by atoms with E-state index in [-0.39, 0.29) is 11.9 Å². The monoisotopic (exact) mass is 288 g/mol. The van der Waals surface area contributed by atoms with Crippen LogP contribution in [0.1, 0.15) is 64.0 Å². The largest absolute Gasteiger partial charge is 0.347 e. The Hall–Kier alpha value is -1.35. The van der Waals surface area contributed by atoms with E-state index in [1.807, 2.05) is 18.2 Å². The van der Waals surface area contributed by atoms with E-state index in [0.717, 1.165) is 38.5 Å². The van der Waals surface area contributed by atoms with Crippen molar-refractivity contribution < 1.29 is 4.79 Å². The molecule has 1 aliphatic carbocycles. The Labute approximate surface area is 128 Å². The van der Waals surface area contributed by atoms with Crippen LogP contribution in [-0.2, 0) is 4.79 Å². The average molecular weight is 288 g/mol. The Morgan fingerprint density at radius 2 is 1.76 bits per heavy atom. The molecule has 0 radical (unpaired) electrons. The molecule has 1 saturated carbocycles. The number of benzene rings is 1. The number of amides is 1. The quantitative estimate of drug-likeness (QED) is 0.841. The predicted molar refractivity (Wildman–Crippen MR) is 86.8 cm³/mol. The molecule has 0 heterocycles. The van der Waals surface area contributed by atoms with Gasteiger partial charge in [-0.3, -0.25) is 4.79 Å². The SMILES string of the molecule is CCC(CC)C(NC(=O)C1(N)CCCC1)c1ccccc1. The van der Waals surface area contributed by atoms with Crippen LogP contribution >= 0.6 is 0 Å². The maximum atomic E-state index is 12.7. The Morgan fingerprint density at radius 1 is 1.19 bits per heavy atom. The lowest BCUT2D eigenvalue weighted by atomic mass is 9.87. The molecule has 1 aromatic carbocycles. The van der Waals surface area contributed by atoms with Crippen molar-refractivity contribution in [3.05, 3.63) is 35.9 Å². The molecule has 0 spiro atoms. The summed E-state index contributed by atoms with van der Waals surface area (Å²) in [7, 11) is 0. The highest BCUT2D eigenvalue weighted by atomic mass is 16.2. The van der Waals surface area contributed by atoms with E-state index in [9.17, 15) is 4.79 Å². The Kier molecular flexibility index (Phi) is 5.40. The smallest absolute Gasteiger partial charge is 0.240 e. The zero-order valence-electron chi connectivity index (χ0n) is 13.3. The highest BCUT2D eigenvalue weighted by molar-refractivity contribution is 5.86. The van der Waals surface area contributed by atoms with Gasteiger partial charge in [0.1, 0.15) is 0 Å². The molecule has 21 heavy (non-hydrogen) atoms. The summed E-state index contributed by atoms with van der Waals surface area (Å²) in [4.78, 5) is 12.7. The van der Waals surface area contributed by atoms with Crippen LogP contribution in [0.15, 0.2) is 30.3 Å². The minimum absolute atomic E-state index is 0.0285. The molecule has 1 fully saturated rings. The second-order valence-corrected chi connectivity index (χ2v) is 6.30. The van der Waals surface area contributed by atoms with Crippen LogP contribution in [0.5, 0.6) is 0 Å². The average Bonchev–Trinajstić information content (AvgIpc) is 2.96. The van der Waals surface area contributed by atoms with E-state index >= 15 is 0 Å². The van der Waals surface area contributed by atoms with Crippen LogP contribution in [0.4, 0.5) is 0 Å². The number of hydrogen-bond donors (Lipinski definition) is 2. The van der Waals surface area contributed by atoms with Crippen LogP contribution < -0.4 is 11.1 Å². The summed E-state index contributed by atoms with van der Waals surface area (Å²) in [6, 6.07) is 10.3. The van der Waals surface area contributed by atoms with E-state index < -0.39 is 5.54 Å². The van der Waals surface area contributed by atoms with Crippen molar-refractivity contribution in [3.63, 3.8) is 0 Å². The summed E-state index contributed by atoms with van der Waals surface area (Å²) in [5.41, 5.74) is 6.83. The van der Waals surface area contributed by atoms with Crippen LogP contribution in [0.25, 0.3) is 0 Å². The molecule has 0 bridgehead atoms. The number of nitrogens with two attached hydrogens (primary N) is 1. The van der Waals surface area contributed by atoms with Crippen LogP contribution in [0.2, 0.25) is 0 Å². The normalized spacial score (nSPS) is 18.7. The van der Waals surface area contributed by atoms with Gasteiger partial charge < -0.3 is 11.1 Å². The van der Waals surface area contributed by atoms with Crippen molar-refractivity contribution in [2.45, 2.75) is 64.0 Å². The third-order valence-corrected chi connectivity index (χ3v) is 4.91. The van der Waals surface area contributed by atoms with E-state index in [1.165, 1.54) is 5.56 Å². The van der Waals surface area contributed by atoms with Crippen molar-refractivity contribution in [1.29, 1.82) is 0 Å². The second-order valence-electron chi connectivity index (χ2n) is 6.30. The summed E-state index contributed by atoms with van der Waals surface area (Å²) in [6.07, 6.45) is 5.84. The Balaban J connectivity index is 2.18. The van der Waals surface area contributed by atoms with Gasteiger partial charge in [0.2, 0.25) is 5.91 Å². The third kappa shape index (κ3) is 3.65. The van der Waals surface area contributed by atoms with Gasteiger partial charge in [-0.1, -0.05) is 69.9 Å². The topological polar surface area (TPSA) is 55.1 Å². The van der Waals surface area contributed by atoms with Crippen molar-refractivity contribution >= 4 is 5.91 Å². The molecule has 1 unspecified atom stereocenters. The fourth-order valence-corrected chi connectivity index (χ4v) is 3.41. The molecule has 3 nitrogen and oxygen atoms in total. The highest BCUT2D eigenvalue weighted by Crippen LogP contribution is 2.31. The summed E-state index contributed by atoms with van der Waals surface area (Å²) < 4.78 is 0. The van der Waals surface area contributed by atoms with Crippen molar-refractivity contribution in [3.8, 4) is 0 Å². The molecule has 1 aromatic rings. The third-order valence-electron chi connectivity index (χ3n) is 4.91. The first-order chi connectivity index (χ1) is 10.1. The molecule has 116 valence electrons. The molecule has 2 rings (SSSR count). The van der Waals surface area contributed by atoms with E-state index in [4.69, 9.17) is 5.73 Å². The highest BCUT2D eigenvalue weighted by Gasteiger charge is 2.38. The van der Waals surface area contributed by atoms with Gasteiger partial charge in [0.05, 0.1) is 11.6 Å². The number of carbonyl (C=O) groups is 1. The fraction of sp³-hybridized carbons (Fsp3) is 0.611. The van der Waals surface area contributed by atoms with E-state index in [1.54, 1.807) is 0 Å². The number of nitrogens with one attached hydrogen (secondary N) is 1. The first-order valence-corrected chi connectivity index (χ1v) is 8.25. The van der Waals surface area contributed by atoms with Crippen molar-refractivity contribution in [2.75, 3.05) is 0 Å². The lowest BCUT2D eigenvalue weighted by Gasteiger charge is -2.31. The molecular weight excluding hydrogens is 260 g/mol. The standard InChI is InChI=1S/C18H28N2O/c1-3-14(4-2)16(15-10-6-5-7-11-15)20-17(21)18(19)12-8-9-13-18/h5-7,10-11,14,16H,3-4,8-9,12-13,19H2,1-2H3,(H,20,21). The molecule has 1 amide bonds. The maximum Gasteiger partial charge on any atom is 0.240 e. The number of hydrogen-bond acceptors (Lipinski definition) is 2. The Morgan fingerprint density at radius 3 is 2.29 bits per heavy atom.